The molecular weight excluding hydrogens is 338 g/mol. The Hall–Kier alpha value is -1.86. The molecule has 2 fully saturated rings. The number of anilines is 1. The summed E-state index contributed by atoms with van der Waals surface area (Å²) >= 11 is 1.47. The van der Waals surface area contributed by atoms with Crippen LogP contribution in [0.5, 0.6) is 11.5 Å². The Bertz CT molecular complexity index is 769. The minimum absolute atomic E-state index is 0.0185. The van der Waals surface area contributed by atoms with Crippen LogP contribution in [0.15, 0.2) is 18.2 Å². The molecule has 0 spiro atoms. The van der Waals surface area contributed by atoms with Crippen LogP contribution in [-0.4, -0.2) is 35.9 Å². The largest absolute Gasteiger partial charge is 0.454 e. The van der Waals surface area contributed by atoms with Crippen LogP contribution in [0.4, 0.5) is 5.13 Å². The first-order valence-electron chi connectivity index (χ1n) is 8.88. The molecule has 5 rings (SSSR count). The molecule has 3 heterocycles. The third-order valence-corrected chi connectivity index (χ3v) is 6.08. The van der Waals surface area contributed by atoms with Gasteiger partial charge in [0.25, 0.3) is 0 Å². The third kappa shape index (κ3) is 2.95. The molecule has 0 unspecified atom stereocenters. The maximum atomic E-state index is 5.63. The molecular formula is C18H21N3O3S. The topological polar surface area (TPSA) is 65.5 Å². The lowest BCUT2D eigenvalue weighted by molar-refractivity contribution is 0.0543. The lowest BCUT2D eigenvalue weighted by Gasteiger charge is -2.38. The molecule has 1 aromatic carbocycles. The Balaban J connectivity index is 1.38. The number of nitrogens with one attached hydrogen (secondary N) is 1. The van der Waals surface area contributed by atoms with Crippen molar-refractivity contribution in [3.05, 3.63) is 29.6 Å². The molecule has 2 aliphatic heterocycles. The quantitative estimate of drug-likeness (QED) is 0.884. The predicted molar refractivity (Wildman–Crippen MR) is 94.7 cm³/mol. The van der Waals surface area contributed by atoms with Crippen LogP contribution >= 0.6 is 11.5 Å². The summed E-state index contributed by atoms with van der Waals surface area (Å²) in [4.78, 5) is 4.66. The van der Waals surface area contributed by atoms with Gasteiger partial charge in [0, 0.05) is 42.6 Å². The predicted octanol–water partition coefficient (Wildman–Crippen LogP) is 3.30. The fourth-order valence-corrected chi connectivity index (χ4v) is 4.26. The molecule has 3 aliphatic rings. The second-order valence-corrected chi connectivity index (χ2v) is 7.80. The molecule has 25 heavy (non-hydrogen) atoms. The second-order valence-electron chi connectivity index (χ2n) is 7.05. The molecule has 1 saturated carbocycles. The molecule has 1 saturated heterocycles. The highest BCUT2D eigenvalue weighted by atomic mass is 32.1. The summed E-state index contributed by atoms with van der Waals surface area (Å²) in [5.74, 6) is 3.28. The van der Waals surface area contributed by atoms with Crippen molar-refractivity contribution in [1.29, 1.82) is 0 Å². The van der Waals surface area contributed by atoms with Crippen LogP contribution in [0, 0.1) is 0 Å². The van der Waals surface area contributed by atoms with Gasteiger partial charge in [-0.25, -0.2) is 4.98 Å². The molecule has 0 atom stereocenters. The first-order valence-corrected chi connectivity index (χ1v) is 9.65. The van der Waals surface area contributed by atoms with E-state index in [4.69, 9.17) is 14.2 Å². The van der Waals surface area contributed by atoms with Gasteiger partial charge >= 0.3 is 0 Å². The summed E-state index contributed by atoms with van der Waals surface area (Å²) in [6.07, 6.45) is 4.42. The van der Waals surface area contributed by atoms with Crippen LogP contribution in [0.3, 0.4) is 0 Å². The number of hydrogen-bond acceptors (Lipinski definition) is 7. The van der Waals surface area contributed by atoms with E-state index >= 15 is 0 Å². The molecule has 2 aromatic rings. The Morgan fingerprint density at radius 2 is 2.00 bits per heavy atom. The Labute approximate surface area is 150 Å². The van der Waals surface area contributed by atoms with Crippen molar-refractivity contribution in [3.63, 3.8) is 0 Å². The summed E-state index contributed by atoms with van der Waals surface area (Å²) in [7, 11) is 0. The van der Waals surface area contributed by atoms with Crippen LogP contribution in [0.1, 0.15) is 43.0 Å². The molecule has 1 aromatic heterocycles. The average Bonchev–Trinajstić information content (AvgIpc) is 3.21. The minimum Gasteiger partial charge on any atom is -0.454 e. The van der Waals surface area contributed by atoms with Gasteiger partial charge in [0.05, 0.1) is 0 Å². The molecule has 1 aliphatic carbocycles. The standard InChI is InChI=1S/C18H21N3O3S/c1-2-12(1)16-20-17(25-21-16)19-10-18(5-7-22-8-6-18)13-3-4-14-15(9-13)24-11-23-14/h3-4,9,12H,1-2,5-8,10-11H2,(H,19,20,21). The van der Waals surface area contributed by atoms with Crippen LogP contribution in [0.2, 0.25) is 0 Å². The van der Waals surface area contributed by atoms with Crippen molar-refractivity contribution in [2.24, 2.45) is 0 Å². The Morgan fingerprint density at radius 1 is 1.16 bits per heavy atom. The van der Waals surface area contributed by atoms with Crippen molar-refractivity contribution in [2.45, 2.75) is 37.0 Å². The van der Waals surface area contributed by atoms with Gasteiger partial charge < -0.3 is 19.5 Å². The molecule has 0 amide bonds. The number of benzene rings is 1. The number of rotatable bonds is 5. The lowest BCUT2D eigenvalue weighted by Crippen LogP contribution is -2.40. The fourth-order valence-electron chi connectivity index (χ4n) is 3.61. The minimum atomic E-state index is 0.0185. The number of aromatic nitrogens is 2. The van der Waals surface area contributed by atoms with Gasteiger partial charge in [0.15, 0.2) is 11.5 Å². The van der Waals surface area contributed by atoms with Gasteiger partial charge in [0.2, 0.25) is 11.9 Å². The van der Waals surface area contributed by atoms with Gasteiger partial charge in [-0.05, 0) is 43.4 Å². The normalized spacial score (nSPS) is 21.3. The van der Waals surface area contributed by atoms with Gasteiger partial charge in [-0.1, -0.05) is 6.07 Å². The van der Waals surface area contributed by atoms with Gasteiger partial charge in [-0.15, -0.1) is 0 Å². The van der Waals surface area contributed by atoms with E-state index < -0.39 is 0 Å². The highest BCUT2D eigenvalue weighted by Gasteiger charge is 2.36. The average molecular weight is 359 g/mol. The van der Waals surface area contributed by atoms with Gasteiger partial charge in [0.1, 0.15) is 5.82 Å². The first kappa shape index (κ1) is 15.4. The van der Waals surface area contributed by atoms with Gasteiger partial charge in [-0.2, -0.15) is 4.37 Å². The second kappa shape index (κ2) is 6.14. The van der Waals surface area contributed by atoms with Crippen molar-refractivity contribution in [3.8, 4) is 11.5 Å². The SMILES string of the molecule is c1cc2c(cc1C1(CNc3nc(C4CC4)ns3)CCOCC1)OCO2. The molecule has 0 bridgehead atoms. The lowest BCUT2D eigenvalue weighted by atomic mass is 9.74. The van der Waals surface area contributed by atoms with Crippen LogP contribution in [-0.2, 0) is 10.2 Å². The summed E-state index contributed by atoms with van der Waals surface area (Å²) < 4.78 is 21.2. The molecule has 6 nitrogen and oxygen atoms in total. The Morgan fingerprint density at radius 3 is 2.84 bits per heavy atom. The van der Waals surface area contributed by atoms with Gasteiger partial charge in [-0.3, -0.25) is 0 Å². The summed E-state index contributed by atoms with van der Waals surface area (Å²) in [6.45, 7) is 2.69. The third-order valence-electron chi connectivity index (χ3n) is 5.40. The van der Waals surface area contributed by atoms with E-state index in [-0.39, 0.29) is 5.41 Å². The van der Waals surface area contributed by atoms with Crippen molar-refractivity contribution >= 4 is 16.7 Å². The molecule has 0 radical (unpaired) electrons. The van der Waals surface area contributed by atoms with Crippen molar-refractivity contribution < 1.29 is 14.2 Å². The van der Waals surface area contributed by atoms with Crippen molar-refractivity contribution in [1.82, 2.24) is 9.36 Å². The Kier molecular flexibility index (Phi) is 3.78. The van der Waals surface area contributed by atoms with E-state index in [0.717, 1.165) is 55.1 Å². The van der Waals surface area contributed by atoms with Crippen LogP contribution < -0.4 is 14.8 Å². The highest BCUT2D eigenvalue weighted by Crippen LogP contribution is 2.42. The number of hydrogen-bond donors (Lipinski definition) is 1. The summed E-state index contributed by atoms with van der Waals surface area (Å²) in [5, 5.41) is 4.47. The van der Waals surface area contributed by atoms with Crippen LogP contribution in [0.25, 0.3) is 0 Å². The fraction of sp³-hybridized carbons (Fsp3) is 0.556. The number of ether oxygens (including phenoxy) is 3. The zero-order valence-corrected chi connectivity index (χ0v) is 14.8. The maximum absolute atomic E-state index is 5.63. The zero-order valence-electron chi connectivity index (χ0n) is 14.0. The highest BCUT2D eigenvalue weighted by molar-refractivity contribution is 7.09. The zero-order chi connectivity index (χ0) is 16.7. The van der Waals surface area contributed by atoms with Crippen molar-refractivity contribution in [2.75, 3.05) is 31.9 Å². The summed E-state index contributed by atoms with van der Waals surface area (Å²) in [6, 6.07) is 6.31. The smallest absolute Gasteiger partial charge is 0.231 e. The van der Waals surface area contributed by atoms with E-state index in [2.05, 4.69) is 26.8 Å². The molecule has 1 N–H and O–H groups in total. The number of fused-ring (bicyclic) bond motifs is 1. The monoisotopic (exact) mass is 359 g/mol. The van der Waals surface area contributed by atoms with E-state index in [0.29, 0.717) is 12.7 Å². The van der Waals surface area contributed by atoms with E-state index in [1.54, 1.807) is 0 Å². The summed E-state index contributed by atoms with van der Waals surface area (Å²) in [5.41, 5.74) is 1.30. The van der Waals surface area contributed by atoms with E-state index in [9.17, 15) is 0 Å². The number of nitrogens with zero attached hydrogens (tertiary/aromatic N) is 2. The maximum Gasteiger partial charge on any atom is 0.231 e. The molecule has 7 heteroatoms. The van der Waals surface area contributed by atoms with E-state index in [1.807, 2.05) is 6.07 Å². The van der Waals surface area contributed by atoms with E-state index in [1.165, 1.54) is 29.9 Å². The molecule has 132 valence electrons. The first-order chi connectivity index (χ1) is 12.3.